The lowest BCUT2D eigenvalue weighted by Crippen LogP contribution is -1.99. The van der Waals surface area contributed by atoms with Crippen LogP contribution in [0.2, 0.25) is 5.15 Å². The third kappa shape index (κ3) is 2.96. The maximum absolute atomic E-state index is 9.06. The average Bonchev–Trinajstić information content (AvgIpc) is 3.11. The molecule has 3 aromatic rings. The lowest BCUT2D eigenvalue weighted by Gasteiger charge is -2.06. The first-order chi connectivity index (χ1) is 10.7. The molecule has 22 heavy (non-hydrogen) atoms. The van der Waals surface area contributed by atoms with Gasteiger partial charge in [0, 0.05) is 25.4 Å². The highest BCUT2D eigenvalue weighted by Gasteiger charge is 2.11. The number of aryl methyl sites for hydroxylation is 1. The Morgan fingerprint density at radius 3 is 3.00 bits per heavy atom. The molecule has 0 bridgehead atoms. The van der Waals surface area contributed by atoms with Crippen LogP contribution in [0.4, 0.5) is 5.00 Å². The molecule has 0 atom stereocenters. The number of halogens is 1. The Labute approximate surface area is 136 Å². The maximum atomic E-state index is 9.06. The van der Waals surface area contributed by atoms with E-state index in [4.69, 9.17) is 16.9 Å². The van der Waals surface area contributed by atoms with Crippen molar-refractivity contribution in [2.75, 3.05) is 5.32 Å². The summed E-state index contributed by atoms with van der Waals surface area (Å²) in [5.74, 6) is 0. The average molecular weight is 330 g/mol. The van der Waals surface area contributed by atoms with Gasteiger partial charge in [-0.25, -0.2) is 0 Å². The van der Waals surface area contributed by atoms with Crippen molar-refractivity contribution >= 4 is 28.1 Å². The van der Waals surface area contributed by atoms with Gasteiger partial charge in [0.25, 0.3) is 0 Å². The normalized spacial score (nSPS) is 10.4. The zero-order valence-electron chi connectivity index (χ0n) is 11.7. The molecule has 2 heterocycles. The summed E-state index contributed by atoms with van der Waals surface area (Å²) in [5, 5.41) is 17.4. The van der Waals surface area contributed by atoms with Crippen molar-refractivity contribution in [3.63, 3.8) is 0 Å². The van der Waals surface area contributed by atoms with Gasteiger partial charge in [0.05, 0.1) is 6.20 Å². The van der Waals surface area contributed by atoms with Gasteiger partial charge < -0.3 is 5.32 Å². The molecule has 1 N–H and O–H groups in total. The van der Waals surface area contributed by atoms with Gasteiger partial charge in [-0.3, -0.25) is 4.68 Å². The van der Waals surface area contributed by atoms with E-state index in [1.165, 1.54) is 11.5 Å². The first kappa shape index (κ1) is 14.6. The quantitative estimate of drug-likeness (QED) is 0.793. The second-order valence-electron chi connectivity index (χ2n) is 4.75. The van der Waals surface area contributed by atoms with E-state index < -0.39 is 0 Å². The van der Waals surface area contributed by atoms with Gasteiger partial charge in [-0.05, 0) is 28.7 Å². The first-order valence-electron chi connectivity index (χ1n) is 6.54. The summed E-state index contributed by atoms with van der Waals surface area (Å²) < 4.78 is 5.76. The van der Waals surface area contributed by atoms with Crippen molar-refractivity contribution in [1.82, 2.24) is 14.2 Å². The molecule has 7 heteroatoms. The molecule has 0 aliphatic heterocycles. The molecule has 0 amide bonds. The van der Waals surface area contributed by atoms with Crippen LogP contribution in [0.1, 0.15) is 11.1 Å². The number of rotatable bonds is 4. The number of benzene rings is 1. The van der Waals surface area contributed by atoms with E-state index in [0.717, 1.165) is 16.7 Å². The minimum atomic E-state index is 0.249. The Morgan fingerprint density at radius 1 is 1.41 bits per heavy atom. The zero-order chi connectivity index (χ0) is 15.5. The third-order valence-corrected chi connectivity index (χ3v) is 4.36. The summed E-state index contributed by atoms with van der Waals surface area (Å²) in [5.41, 5.74) is 3.68. The van der Waals surface area contributed by atoms with Crippen LogP contribution in [0.5, 0.6) is 0 Å². The van der Waals surface area contributed by atoms with Crippen molar-refractivity contribution < 1.29 is 0 Å². The highest BCUT2D eigenvalue weighted by molar-refractivity contribution is 7.10. The van der Waals surface area contributed by atoms with Crippen molar-refractivity contribution in [1.29, 1.82) is 5.26 Å². The second kappa shape index (κ2) is 6.18. The first-order valence-corrected chi connectivity index (χ1v) is 7.69. The number of nitriles is 1. The molecule has 0 aliphatic rings. The van der Waals surface area contributed by atoms with Crippen LogP contribution in [0.3, 0.4) is 0 Å². The van der Waals surface area contributed by atoms with Crippen LogP contribution >= 0.6 is 23.1 Å². The van der Waals surface area contributed by atoms with Gasteiger partial charge in [-0.15, -0.1) is 0 Å². The van der Waals surface area contributed by atoms with Gasteiger partial charge in [0.15, 0.2) is 5.15 Å². The van der Waals surface area contributed by atoms with Crippen LogP contribution in [0.25, 0.3) is 11.1 Å². The largest absolute Gasteiger partial charge is 0.370 e. The van der Waals surface area contributed by atoms with Crippen molar-refractivity contribution in [2.24, 2.45) is 7.05 Å². The standard InChI is InChI=1S/C15H12ClN5S/c1-21-9-12(8-19-21)11-4-2-3-10(5-11)7-18-15-13(6-17)14(16)20-22-15/h2-5,8-9,18H,7H2,1H3. The van der Waals surface area contributed by atoms with Crippen LogP contribution in [0.15, 0.2) is 36.7 Å². The molecule has 0 fully saturated rings. The predicted octanol–water partition coefficient (Wildman–Crippen LogP) is 3.68. The Morgan fingerprint density at radius 2 is 2.27 bits per heavy atom. The van der Waals surface area contributed by atoms with Gasteiger partial charge in [-0.2, -0.15) is 14.7 Å². The van der Waals surface area contributed by atoms with Crippen LogP contribution < -0.4 is 5.32 Å². The maximum Gasteiger partial charge on any atom is 0.162 e. The third-order valence-electron chi connectivity index (χ3n) is 3.18. The SMILES string of the molecule is Cn1cc(-c2cccc(CNc3snc(Cl)c3C#N)c2)cn1. The number of nitrogens with zero attached hydrogens (tertiary/aromatic N) is 4. The fraction of sp³-hybridized carbons (Fsp3) is 0.133. The van der Waals surface area contributed by atoms with E-state index in [-0.39, 0.29) is 5.15 Å². The molecule has 3 rings (SSSR count). The predicted molar refractivity (Wildman–Crippen MR) is 87.8 cm³/mol. The van der Waals surface area contributed by atoms with E-state index in [1.54, 1.807) is 4.68 Å². The molecule has 0 radical (unpaired) electrons. The topological polar surface area (TPSA) is 66.5 Å². The molecule has 0 spiro atoms. The van der Waals surface area contributed by atoms with E-state index in [2.05, 4.69) is 26.9 Å². The number of nitrogens with one attached hydrogen (secondary N) is 1. The van der Waals surface area contributed by atoms with E-state index in [0.29, 0.717) is 17.1 Å². The lowest BCUT2D eigenvalue weighted by molar-refractivity contribution is 0.768. The smallest absolute Gasteiger partial charge is 0.162 e. The second-order valence-corrected chi connectivity index (χ2v) is 5.88. The molecule has 1 aromatic carbocycles. The minimum Gasteiger partial charge on any atom is -0.370 e. The molecular weight excluding hydrogens is 318 g/mol. The van der Waals surface area contributed by atoms with Crippen molar-refractivity contribution in [3.8, 4) is 17.2 Å². The molecule has 0 saturated carbocycles. The number of aromatic nitrogens is 3. The summed E-state index contributed by atoms with van der Waals surface area (Å²) in [6, 6.07) is 10.2. The fourth-order valence-electron chi connectivity index (χ4n) is 2.10. The summed E-state index contributed by atoms with van der Waals surface area (Å²) in [6.45, 7) is 0.599. The van der Waals surface area contributed by atoms with Gasteiger partial charge in [-0.1, -0.05) is 29.8 Å². The fourth-order valence-corrected chi connectivity index (χ4v) is 3.03. The summed E-state index contributed by atoms with van der Waals surface area (Å²) >= 11 is 7.06. The molecule has 110 valence electrons. The molecular formula is C15H12ClN5S. The van der Waals surface area contributed by atoms with Gasteiger partial charge >= 0.3 is 0 Å². The molecule has 0 aliphatic carbocycles. The Kier molecular flexibility index (Phi) is 4.09. The summed E-state index contributed by atoms with van der Waals surface area (Å²) in [7, 11) is 1.89. The van der Waals surface area contributed by atoms with Crippen LogP contribution in [-0.4, -0.2) is 14.2 Å². The molecule has 2 aromatic heterocycles. The van der Waals surface area contributed by atoms with Gasteiger partial charge in [0.2, 0.25) is 0 Å². The van der Waals surface area contributed by atoms with Gasteiger partial charge in [0.1, 0.15) is 16.6 Å². The van der Waals surface area contributed by atoms with Crippen LogP contribution in [-0.2, 0) is 13.6 Å². The lowest BCUT2D eigenvalue weighted by atomic mass is 10.1. The Hall–Kier alpha value is -2.36. The highest BCUT2D eigenvalue weighted by Crippen LogP contribution is 2.28. The minimum absolute atomic E-state index is 0.249. The van der Waals surface area contributed by atoms with E-state index in [1.807, 2.05) is 37.6 Å². The zero-order valence-corrected chi connectivity index (χ0v) is 13.3. The molecule has 5 nitrogen and oxygen atoms in total. The van der Waals surface area contributed by atoms with Crippen LogP contribution in [0, 0.1) is 11.3 Å². The van der Waals surface area contributed by atoms with E-state index in [9.17, 15) is 0 Å². The number of hydrogen-bond acceptors (Lipinski definition) is 5. The Balaban J connectivity index is 1.77. The molecule has 0 saturated heterocycles. The summed E-state index contributed by atoms with van der Waals surface area (Å²) in [6.07, 6.45) is 3.81. The number of anilines is 1. The van der Waals surface area contributed by atoms with Crippen molar-refractivity contribution in [3.05, 3.63) is 52.9 Å². The number of hydrogen-bond donors (Lipinski definition) is 1. The Bertz CT molecular complexity index is 846. The monoisotopic (exact) mass is 329 g/mol. The molecule has 0 unspecified atom stereocenters. The van der Waals surface area contributed by atoms with E-state index >= 15 is 0 Å². The summed E-state index contributed by atoms with van der Waals surface area (Å²) in [4.78, 5) is 0. The van der Waals surface area contributed by atoms with Crippen molar-refractivity contribution in [2.45, 2.75) is 6.54 Å². The highest BCUT2D eigenvalue weighted by atomic mass is 35.5.